The maximum absolute atomic E-state index is 14.5. The van der Waals surface area contributed by atoms with Gasteiger partial charge in [-0.05, 0) is 44.4 Å². The fourth-order valence-corrected chi connectivity index (χ4v) is 3.37. The summed E-state index contributed by atoms with van der Waals surface area (Å²) in [4.78, 5) is 6.34. The minimum absolute atomic E-state index is 0.339. The number of hydrogen-bond acceptors (Lipinski definition) is 3. The van der Waals surface area contributed by atoms with Crippen LogP contribution in [0.3, 0.4) is 0 Å². The molecule has 0 spiro atoms. The van der Waals surface area contributed by atoms with Gasteiger partial charge in [-0.25, -0.2) is 9.37 Å². The molecule has 5 heteroatoms. The second kappa shape index (κ2) is 8.77. The molecule has 0 saturated heterocycles. The predicted octanol–water partition coefficient (Wildman–Crippen LogP) is 5.41. The predicted molar refractivity (Wildman–Crippen MR) is 105 cm³/mol. The van der Waals surface area contributed by atoms with Gasteiger partial charge in [-0.2, -0.15) is 0 Å². The molecule has 2 aromatic rings. The van der Waals surface area contributed by atoms with Gasteiger partial charge in [-0.15, -0.1) is 0 Å². The topological polar surface area (TPSA) is 25.4 Å². The third-order valence-electron chi connectivity index (χ3n) is 4.33. The molecular formula is C20H26BrFN2O. The highest BCUT2D eigenvalue weighted by molar-refractivity contribution is 9.08. The maximum atomic E-state index is 14.5. The first-order valence-corrected chi connectivity index (χ1v) is 9.63. The van der Waals surface area contributed by atoms with Gasteiger partial charge in [0.1, 0.15) is 5.82 Å². The van der Waals surface area contributed by atoms with E-state index in [0.717, 1.165) is 23.0 Å². The number of nitrogens with zero attached hydrogens (tertiary/aromatic N) is 2. The van der Waals surface area contributed by atoms with Crippen LogP contribution in [-0.2, 0) is 11.9 Å². The zero-order valence-electron chi connectivity index (χ0n) is 15.5. The number of rotatable bonds is 7. The van der Waals surface area contributed by atoms with Crippen LogP contribution in [0.4, 0.5) is 4.39 Å². The average molecular weight is 409 g/mol. The molecule has 0 atom stereocenters. The Labute approximate surface area is 158 Å². The second-order valence-electron chi connectivity index (χ2n) is 6.69. The van der Waals surface area contributed by atoms with E-state index < -0.39 is 0 Å². The lowest BCUT2D eigenvalue weighted by Crippen LogP contribution is -2.36. The number of alkyl halides is 1. The number of ether oxygens (including phenoxy) is 1. The molecule has 0 radical (unpaired) electrons. The zero-order valence-corrected chi connectivity index (χ0v) is 17.1. The summed E-state index contributed by atoms with van der Waals surface area (Å²) in [5.41, 5.74) is 3.68. The second-order valence-corrected chi connectivity index (χ2v) is 7.25. The Hall–Kier alpha value is -1.46. The number of pyridine rings is 1. The van der Waals surface area contributed by atoms with Gasteiger partial charge in [0.25, 0.3) is 0 Å². The van der Waals surface area contributed by atoms with Gasteiger partial charge in [0.2, 0.25) is 5.88 Å². The molecule has 136 valence electrons. The van der Waals surface area contributed by atoms with Gasteiger partial charge < -0.3 is 4.74 Å². The van der Waals surface area contributed by atoms with E-state index in [-0.39, 0.29) is 5.82 Å². The standard InChI is InChI=1S/C20H26BrFN2O/c1-13(2)24(14(3)4)12-16-8-15(10-21)6-7-17(16)18-9-20(25-5)23-11-19(18)22/h6-9,11,13-14H,10,12H2,1-5H3. The van der Waals surface area contributed by atoms with E-state index in [1.807, 2.05) is 12.1 Å². The van der Waals surface area contributed by atoms with E-state index in [4.69, 9.17) is 4.74 Å². The van der Waals surface area contributed by atoms with Crippen molar-refractivity contribution in [1.82, 2.24) is 9.88 Å². The summed E-state index contributed by atoms with van der Waals surface area (Å²) < 4.78 is 19.6. The Kier molecular flexibility index (Phi) is 6.96. The van der Waals surface area contributed by atoms with Crippen molar-refractivity contribution in [3.05, 3.63) is 47.4 Å². The molecule has 1 aromatic heterocycles. The normalized spacial score (nSPS) is 11.6. The average Bonchev–Trinajstić information content (AvgIpc) is 2.59. The lowest BCUT2D eigenvalue weighted by molar-refractivity contribution is 0.166. The van der Waals surface area contributed by atoms with Crippen LogP contribution in [0.25, 0.3) is 11.1 Å². The quantitative estimate of drug-likeness (QED) is 0.572. The highest BCUT2D eigenvalue weighted by Gasteiger charge is 2.18. The molecule has 3 nitrogen and oxygen atoms in total. The molecule has 0 aliphatic carbocycles. The first-order valence-electron chi connectivity index (χ1n) is 8.50. The number of halogens is 2. The van der Waals surface area contributed by atoms with Crippen molar-refractivity contribution in [2.75, 3.05) is 7.11 Å². The van der Waals surface area contributed by atoms with Crippen molar-refractivity contribution in [3.8, 4) is 17.0 Å². The molecule has 0 saturated carbocycles. The van der Waals surface area contributed by atoms with Crippen molar-refractivity contribution in [3.63, 3.8) is 0 Å². The van der Waals surface area contributed by atoms with Gasteiger partial charge in [-0.3, -0.25) is 4.90 Å². The first-order chi connectivity index (χ1) is 11.9. The summed E-state index contributed by atoms with van der Waals surface area (Å²) in [5, 5.41) is 0.770. The van der Waals surface area contributed by atoms with Crippen molar-refractivity contribution in [2.45, 2.75) is 51.7 Å². The Morgan fingerprint density at radius 2 is 1.80 bits per heavy atom. The summed E-state index contributed by atoms with van der Waals surface area (Å²) in [6.45, 7) is 9.50. The molecule has 2 rings (SSSR count). The van der Waals surface area contributed by atoms with Gasteiger partial charge in [0, 0.05) is 35.6 Å². The van der Waals surface area contributed by atoms with Crippen LogP contribution in [0.5, 0.6) is 5.88 Å². The minimum atomic E-state index is -0.339. The van der Waals surface area contributed by atoms with Crippen molar-refractivity contribution in [2.24, 2.45) is 0 Å². The largest absolute Gasteiger partial charge is 0.481 e. The summed E-state index contributed by atoms with van der Waals surface area (Å²) in [7, 11) is 1.54. The fourth-order valence-electron chi connectivity index (χ4n) is 3.02. The van der Waals surface area contributed by atoms with Crippen LogP contribution in [-0.4, -0.2) is 29.1 Å². The Bertz CT molecular complexity index is 711. The van der Waals surface area contributed by atoms with Crippen molar-refractivity contribution >= 4 is 15.9 Å². The third kappa shape index (κ3) is 4.79. The molecule has 0 aliphatic rings. The van der Waals surface area contributed by atoms with E-state index in [9.17, 15) is 4.39 Å². The summed E-state index contributed by atoms with van der Waals surface area (Å²) in [6, 6.07) is 8.62. The Morgan fingerprint density at radius 1 is 1.12 bits per heavy atom. The van der Waals surface area contributed by atoms with E-state index in [2.05, 4.69) is 59.6 Å². The highest BCUT2D eigenvalue weighted by Crippen LogP contribution is 2.31. The van der Waals surface area contributed by atoms with Crippen LogP contribution >= 0.6 is 15.9 Å². The van der Waals surface area contributed by atoms with Gasteiger partial charge >= 0.3 is 0 Å². The van der Waals surface area contributed by atoms with Crippen LogP contribution in [0.2, 0.25) is 0 Å². The molecular weight excluding hydrogens is 383 g/mol. The van der Waals surface area contributed by atoms with Crippen molar-refractivity contribution in [1.29, 1.82) is 0 Å². The molecule has 0 N–H and O–H groups in total. The third-order valence-corrected chi connectivity index (χ3v) is 4.98. The SMILES string of the molecule is COc1cc(-c2ccc(CBr)cc2CN(C(C)C)C(C)C)c(F)cn1. The Balaban J connectivity index is 2.55. The molecule has 0 fully saturated rings. The number of methoxy groups -OCH3 is 1. The first kappa shape index (κ1) is 19.9. The van der Waals surface area contributed by atoms with Gasteiger partial charge in [-0.1, -0.05) is 34.1 Å². The lowest BCUT2D eigenvalue weighted by Gasteiger charge is -2.31. The number of aromatic nitrogens is 1. The van der Waals surface area contributed by atoms with E-state index in [1.54, 1.807) is 6.07 Å². The number of benzene rings is 1. The monoisotopic (exact) mass is 408 g/mol. The van der Waals surface area contributed by atoms with Crippen molar-refractivity contribution < 1.29 is 9.13 Å². The summed E-state index contributed by atoms with van der Waals surface area (Å²) in [5.74, 6) is 0.0748. The molecule has 0 aliphatic heterocycles. The van der Waals surface area contributed by atoms with Crippen LogP contribution in [0.15, 0.2) is 30.5 Å². The minimum Gasteiger partial charge on any atom is -0.481 e. The molecule has 0 unspecified atom stereocenters. The van der Waals surface area contributed by atoms with E-state index in [1.165, 1.54) is 18.9 Å². The molecule has 25 heavy (non-hydrogen) atoms. The maximum Gasteiger partial charge on any atom is 0.213 e. The summed E-state index contributed by atoms with van der Waals surface area (Å²) >= 11 is 3.52. The fraction of sp³-hybridized carbons (Fsp3) is 0.450. The van der Waals surface area contributed by atoms with Crippen LogP contribution in [0.1, 0.15) is 38.8 Å². The Morgan fingerprint density at radius 3 is 2.36 bits per heavy atom. The zero-order chi connectivity index (χ0) is 18.6. The van der Waals surface area contributed by atoms with Gasteiger partial charge in [0.15, 0.2) is 0 Å². The molecule has 1 heterocycles. The lowest BCUT2D eigenvalue weighted by atomic mass is 9.97. The highest BCUT2D eigenvalue weighted by atomic mass is 79.9. The van der Waals surface area contributed by atoms with Crippen LogP contribution in [0, 0.1) is 5.82 Å². The molecule has 0 amide bonds. The van der Waals surface area contributed by atoms with E-state index in [0.29, 0.717) is 23.5 Å². The van der Waals surface area contributed by atoms with E-state index >= 15 is 0 Å². The van der Waals surface area contributed by atoms with Crippen LogP contribution < -0.4 is 4.74 Å². The smallest absolute Gasteiger partial charge is 0.213 e. The number of hydrogen-bond donors (Lipinski definition) is 0. The molecule has 1 aromatic carbocycles. The summed E-state index contributed by atoms with van der Waals surface area (Å²) in [6.07, 6.45) is 1.22. The molecule has 0 bridgehead atoms. The van der Waals surface area contributed by atoms with Gasteiger partial charge in [0.05, 0.1) is 13.3 Å².